The topological polar surface area (TPSA) is 41.4 Å². The van der Waals surface area contributed by atoms with Crippen molar-refractivity contribution in [2.45, 2.75) is 18.8 Å². The van der Waals surface area contributed by atoms with Crippen molar-refractivity contribution in [2.24, 2.45) is 0 Å². The number of aromatic nitrogens is 2. The Balaban J connectivity index is 1.87. The van der Waals surface area contributed by atoms with Gasteiger partial charge in [-0.05, 0) is 38.6 Å². The van der Waals surface area contributed by atoms with Crippen molar-refractivity contribution in [3.05, 3.63) is 65.7 Å². The second-order valence-corrected chi connectivity index (χ2v) is 8.11. The average Bonchev–Trinajstić information content (AvgIpc) is 3.04. The Morgan fingerprint density at radius 3 is 2.55 bits per heavy atom. The molecular weight excluding hydrogens is 387 g/mol. The maximum Gasteiger partial charge on any atom is 0.242 e. The SMILES string of the molecule is CSCc1nc2ccccc2n1CC(=O)N(CCN(C)C)Cc1ccccc1F. The Morgan fingerprint density at radius 1 is 1.10 bits per heavy atom. The summed E-state index contributed by atoms with van der Waals surface area (Å²) < 4.78 is 16.2. The summed E-state index contributed by atoms with van der Waals surface area (Å²) in [7, 11) is 3.93. The Hall–Kier alpha value is -2.38. The largest absolute Gasteiger partial charge is 0.335 e. The standard InChI is InChI=1S/C22H27FN4OS/c1-25(2)12-13-26(14-17-8-4-5-9-18(17)23)22(28)15-27-20-11-7-6-10-19(20)24-21(27)16-29-3/h4-11H,12-16H2,1-3H3. The number of amides is 1. The van der Waals surface area contributed by atoms with Gasteiger partial charge in [-0.1, -0.05) is 30.3 Å². The second-order valence-electron chi connectivity index (χ2n) is 7.25. The number of hydrogen-bond donors (Lipinski definition) is 0. The summed E-state index contributed by atoms with van der Waals surface area (Å²) in [6.45, 7) is 1.69. The van der Waals surface area contributed by atoms with Crippen LogP contribution in [0.2, 0.25) is 0 Å². The number of nitrogens with zero attached hydrogens (tertiary/aromatic N) is 4. The second kappa shape index (κ2) is 9.89. The molecule has 0 N–H and O–H groups in total. The average molecular weight is 415 g/mol. The number of carbonyl (C=O) groups is 1. The number of halogens is 1. The molecule has 1 aromatic heterocycles. The molecule has 2 aromatic carbocycles. The molecule has 0 atom stereocenters. The van der Waals surface area contributed by atoms with E-state index in [1.165, 1.54) is 6.07 Å². The molecule has 0 unspecified atom stereocenters. The van der Waals surface area contributed by atoms with Crippen molar-refractivity contribution in [3.8, 4) is 0 Å². The molecule has 0 bridgehead atoms. The molecule has 0 aliphatic heterocycles. The van der Waals surface area contributed by atoms with E-state index in [0.717, 1.165) is 22.6 Å². The van der Waals surface area contributed by atoms with Crippen molar-refractivity contribution in [2.75, 3.05) is 33.4 Å². The molecule has 154 valence electrons. The highest BCUT2D eigenvalue weighted by Crippen LogP contribution is 2.20. The van der Waals surface area contributed by atoms with E-state index < -0.39 is 0 Å². The first-order valence-corrected chi connectivity index (χ1v) is 11.0. The van der Waals surface area contributed by atoms with Crippen LogP contribution in [-0.2, 0) is 23.6 Å². The van der Waals surface area contributed by atoms with Crippen molar-refractivity contribution in [1.82, 2.24) is 19.4 Å². The Bertz CT molecular complexity index is 972. The molecule has 0 aliphatic rings. The van der Waals surface area contributed by atoms with E-state index in [9.17, 15) is 9.18 Å². The van der Waals surface area contributed by atoms with Gasteiger partial charge < -0.3 is 14.4 Å². The highest BCUT2D eigenvalue weighted by molar-refractivity contribution is 7.97. The number of fused-ring (bicyclic) bond motifs is 1. The first-order valence-electron chi connectivity index (χ1n) is 9.58. The summed E-state index contributed by atoms with van der Waals surface area (Å²) in [5.41, 5.74) is 2.36. The third-order valence-corrected chi connectivity index (χ3v) is 5.34. The van der Waals surface area contributed by atoms with Crippen LogP contribution in [-0.4, -0.2) is 58.7 Å². The fourth-order valence-electron chi connectivity index (χ4n) is 3.22. The molecule has 0 aliphatic carbocycles. The zero-order valence-electron chi connectivity index (χ0n) is 17.1. The van der Waals surface area contributed by atoms with Gasteiger partial charge in [0.25, 0.3) is 0 Å². The van der Waals surface area contributed by atoms with Crippen molar-refractivity contribution in [3.63, 3.8) is 0 Å². The van der Waals surface area contributed by atoms with Gasteiger partial charge in [0.15, 0.2) is 0 Å². The lowest BCUT2D eigenvalue weighted by Gasteiger charge is -2.25. The van der Waals surface area contributed by atoms with Crippen LogP contribution in [0.25, 0.3) is 11.0 Å². The Kier molecular flexibility index (Phi) is 7.28. The van der Waals surface area contributed by atoms with E-state index in [1.54, 1.807) is 34.9 Å². The van der Waals surface area contributed by atoms with Crippen LogP contribution in [0.5, 0.6) is 0 Å². The predicted molar refractivity (Wildman–Crippen MR) is 117 cm³/mol. The minimum absolute atomic E-state index is 0.0411. The number of benzene rings is 2. The van der Waals surface area contributed by atoms with Gasteiger partial charge in [-0.3, -0.25) is 4.79 Å². The zero-order chi connectivity index (χ0) is 20.8. The first kappa shape index (κ1) is 21.3. The van der Waals surface area contributed by atoms with E-state index in [0.29, 0.717) is 18.7 Å². The number of thioether (sulfide) groups is 1. The number of hydrogen-bond acceptors (Lipinski definition) is 4. The van der Waals surface area contributed by atoms with Crippen molar-refractivity contribution in [1.29, 1.82) is 0 Å². The molecule has 1 amide bonds. The number of likely N-dealkylation sites (N-methyl/N-ethyl adjacent to an activating group) is 1. The predicted octanol–water partition coefficient (Wildman–Crippen LogP) is 3.63. The van der Waals surface area contributed by atoms with Gasteiger partial charge >= 0.3 is 0 Å². The fraction of sp³-hybridized carbons (Fsp3) is 0.364. The van der Waals surface area contributed by atoms with E-state index >= 15 is 0 Å². The molecule has 29 heavy (non-hydrogen) atoms. The summed E-state index contributed by atoms with van der Waals surface area (Å²) in [4.78, 5) is 21.7. The number of carbonyl (C=O) groups excluding carboxylic acids is 1. The van der Waals surface area contributed by atoms with Gasteiger partial charge in [-0.2, -0.15) is 11.8 Å². The summed E-state index contributed by atoms with van der Waals surface area (Å²) in [6.07, 6.45) is 2.02. The van der Waals surface area contributed by atoms with E-state index in [-0.39, 0.29) is 24.8 Å². The highest BCUT2D eigenvalue weighted by Gasteiger charge is 2.19. The quantitative estimate of drug-likeness (QED) is 0.536. The van der Waals surface area contributed by atoms with E-state index in [4.69, 9.17) is 4.98 Å². The van der Waals surface area contributed by atoms with Gasteiger partial charge in [0.05, 0.1) is 16.8 Å². The fourth-order valence-corrected chi connectivity index (χ4v) is 3.70. The van der Waals surface area contributed by atoms with Crippen LogP contribution in [0.15, 0.2) is 48.5 Å². The lowest BCUT2D eigenvalue weighted by Crippen LogP contribution is -2.38. The van der Waals surface area contributed by atoms with Gasteiger partial charge in [-0.15, -0.1) is 0 Å². The first-order chi connectivity index (χ1) is 14.0. The normalized spacial score (nSPS) is 11.3. The molecule has 0 spiro atoms. The number of rotatable bonds is 9. The van der Waals surface area contributed by atoms with Gasteiger partial charge in [0, 0.05) is 25.2 Å². The molecule has 3 rings (SSSR count). The molecular formula is C22H27FN4OS. The highest BCUT2D eigenvalue weighted by atomic mass is 32.2. The number of imidazole rings is 1. The molecule has 7 heteroatoms. The van der Waals surface area contributed by atoms with Gasteiger partial charge in [-0.25, -0.2) is 9.37 Å². The lowest BCUT2D eigenvalue weighted by atomic mass is 10.2. The van der Waals surface area contributed by atoms with Crippen LogP contribution in [0, 0.1) is 5.82 Å². The van der Waals surface area contributed by atoms with Crippen LogP contribution in [0.1, 0.15) is 11.4 Å². The van der Waals surface area contributed by atoms with Crippen LogP contribution in [0.4, 0.5) is 4.39 Å². The summed E-state index contributed by atoms with van der Waals surface area (Å²) in [5, 5.41) is 0. The molecule has 1 heterocycles. The monoisotopic (exact) mass is 414 g/mol. The number of para-hydroxylation sites is 2. The maximum atomic E-state index is 14.2. The summed E-state index contributed by atoms with van der Waals surface area (Å²) in [6, 6.07) is 14.5. The molecule has 5 nitrogen and oxygen atoms in total. The zero-order valence-corrected chi connectivity index (χ0v) is 18.0. The minimum Gasteiger partial charge on any atom is -0.335 e. The van der Waals surface area contributed by atoms with Crippen molar-refractivity contribution >= 4 is 28.7 Å². The van der Waals surface area contributed by atoms with E-state index in [1.807, 2.05) is 54.1 Å². The van der Waals surface area contributed by atoms with Crippen LogP contribution >= 0.6 is 11.8 Å². The third-order valence-electron chi connectivity index (χ3n) is 4.79. The lowest BCUT2D eigenvalue weighted by molar-refractivity contribution is -0.132. The van der Waals surface area contributed by atoms with Crippen LogP contribution < -0.4 is 0 Å². The maximum absolute atomic E-state index is 14.2. The molecule has 0 radical (unpaired) electrons. The van der Waals surface area contributed by atoms with Crippen LogP contribution in [0.3, 0.4) is 0 Å². The molecule has 0 fully saturated rings. The van der Waals surface area contributed by atoms with E-state index in [2.05, 4.69) is 0 Å². The Morgan fingerprint density at radius 2 is 1.83 bits per heavy atom. The third kappa shape index (κ3) is 5.36. The van der Waals surface area contributed by atoms with Crippen molar-refractivity contribution < 1.29 is 9.18 Å². The molecule has 3 aromatic rings. The summed E-state index contributed by atoms with van der Waals surface area (Å²) >= 11 is 1.67. The van der Waals surface area contributed by atoms with Gasteiger partial charge in [0.2, 0.25) is 5.91 Å². The Labute approximate surface area is 175 Å². The molecule has 0 saturated carbocycles. The summed E-state index contributed by atoms with van der Waals surface area (Å²) in [5.74, 6) is 1.28. The minimum atomic E-state index is -0.286. The van der Waals surface area contributed by atoms with Gasteiger partial charge in [0.1, 0.15) is 18.2 Å². The molecule has 0 saturated heterocycles. The smallest absolute Gasteiger partial charge is 0.242 e.